The number of ether oxygens (including phenoxy) is 1. The molecule has 0 aromatic heterocycles. The highest BCUT2D eigenvalue weighted by molar-refractivity contribution is 5.91. The summed E-state index contributed by atoms with van der Waals surface area (Å²) in [7, 11) is 0. The number of carbonyl (C=O) groups excluding carboxylic acids is 2. The summed E-state index contributed by atoms with van der Waals surface area (Å²) >= 11 is 0. The molecule has 0 aliphatic heterocycles. The molecular weight excluding hydrogens is 132 g/mol. The van der Waals surface area contributed by atoms with Crippen LogP contribution in [0, 0.1) is 0 Å². The molecule has 0 spiro atoms. The van der Waals surface area contributed by atoms with E-state index in [1.165, 1.54) is 6.08 Å². The van der Waals surface area contributed by atoms with E-state index in [1.807, 2.05) is 0 Å². The topological polar surface area (TPSA) is 43.4 Å². The third-order valence-corrected chi connectivity index (χ3v) is 0.791. The molecule has 0 N–H and O–H groups in total. The lowest BCUT2D eigenvalue weighted by molar-refractivity contribution is -0.140. The first kappa shape index (κ1) is 8.62. The second kappa shape index (κ2) is 4.49. The summed E-state index contributed by atoms with van der Waals surface area (Å²) in [6, 6.07) is 0. The molecule has 10 heavy (non-hydrogen) atoms. The van der Waals surface area contributed by atoms with Gasteiger partial charge in [-0.05, 0) is 0 Å². The molecule has 0 radical (unpaired) electrons. The van der Waals surface area contributed by atoms with Gasteiger partial charge in [0.25, 0.3) is 0 Å². The van der Waals surface area contributed by atoms with Gasteiger partial charge in [0.05, 0.1) is 5.57 Å². The molecule has 3 heteroatoms. The number of aldehydes is 1. The fraction of sp³-hybridized carbons (Fsp3) is 0.143. The average molecular weight is 140 g/mol. The second-order valence-electron chi connectivity index (χ2n) is 1.49. The predicted molar refractivity (Wildman–Crippen MR) is 36.4 cm³/mol. The summed E-state index contributed by atoms with van der Waals surface area (Å²) in [4.78, 5) is 20.3. The minimum atomic E-state index is -0.609. The zero-order chi connectivity index (χ0) is 7.98. The molecule has 0 atom stereocenters. The Bertz CT molecular complexity index is 170. The largest absolute Gasteiger partial charge is 0.454 e. The van der Waals surface area contributed by atoms with Gasteiger partial charge >= 0.3 is 5.97 Å². The molecule has 0 unspecified atom stereocenters. The summed E-state index contributed by atoms with van der Waals surface area (Å²) in [5.41, 5.74) is 0.154. The Morgan fingerprint density at radius 1 is 1.60 bits per heavy atom. The molecule has 0 aliphatic carbocycles. The fourth-order valence-corrected chi connectivity index (χ4v) is 0.286. The van der Waals surface area contributed by atoms with E-state index in [0.29, 0.717) is 6.29 Å². The van der Waals surface area contributed by atoms with Gasteiger partial charge < -0.3 is 4.74 Å². The second-order valence-corrected chi connectivity index (χ2v) is 1.49. The van der Waals surface area contributed by atoms with Gasteiger partial charge in [0, 0.05) is 0 Å². The lowest BCUT2D eigenvalue weighted by atomic mass is 10.3. The Morgan fingerprint density at radius 3 is 2.60 bits per heavy atom. The van der Waals surface area contributed by atoms with Gasteiger partial charge in [-0.2, -0.15) is 0 Å². The lowest BCUT2D eigenvalue weighted by Crippen LogP contribution is -2.06. The van der Waals surface area contributed by atoms with E-state index in [9.17, 15) is 9.59 Å². The molecular formula is C7H8O3. The van der Waals surface area contributed by atoms with Crippen LogP contribution in [0.15, 0.2) is 24.8 Å². The smallest absolute Gasteiger partial charge is 0.337 e. The molecule has 0 amide bonds. The molecule has 0 saturated heterocycles. The van der Waals surface area contributed by atoms with E-state index in [0.717, 1.165) is 0 Å². The highest BCUT2D eigenvalue weighted by atomic mass is 16.5. The van der Waals surface area contributed by atoms with Gasteiger partial charge in [-0.25, -0.2) is 4.79 Å². The zero-order valence-corrected chi connectivity index (χ0v) is 5.50. The van der Waals surface area contributed by atoms with Gasteiger partial charge in [0.1, 0.15) is 6.61 Å². The zero-order valence-electron chi connectivity index (χ0n) is 5.50. The van der Waals surface area contributed by atoms with Crippen LogP contribution in [0.3, 0.4) is 0 Å². The van der Waals surface area contributed by atoms with Gasteiger partial charge in [-0.1, -0.05) is 19.2 Å². The van der Waals surface area contributed by atoms with Crippen LogP contribution < -0.4 is 0 Å². The minimum absolute atomic E-state index is 0.154. The van der Waals surface area contributed by atoms with Gasteiger partial charge in [0.15, 0.2) is 6.29 Å². The number of esters is 1. The molecule has 0 aromatic carbocycles. The summed E-state index contributed by atoms with van der Waals surface area (Å²) in [5.74, 6) is -0.609. The molecule has 3 nitrogen and oxygen atoms in total. The van der Waals surface area contributed by atoms with Crippen molar-refractivity contribution in [2.75, 3.05) is 6.61 Å². The fourth-order valence-electron chi connectivity index (χ4n) is 0.286. The molecule has 0 aliphatic rings. The molecule has 0 rings (SSSR count). The van der Waals surface area contributed by atoms with Crippen LogP contribution in [0.25, 0.3) is 0 Å². The molecule has 0 aromatic rings. The monoisotopic (exact) mass is 140 g/mol. The number of rotatable bonds is 4. The van der Waals surface area contributed by atoms with Crippen molar-refractivity contribution in [1.29, 1.82) is 0 Å². The van der Waals surface area contributed by atoms with Crippen LogP contribution in [-0.2, 0) is 14.3 Å². The summed E-state index contributed by atoms with van der Waals surface area (Å²) in [6.07, 6.45) is 1.77. The Morgan fingerprint density at radius 2 is 2.20 bits per heavy atom. The van der Waals surface area contributed by atoms with Crippen molar-refractivity contribution in [2.45, 2.75) is 0 Å². The van der Waals surface area contributed by atoms with Crippen molar-refractivity contribution in [3.63, 3.8) is 0 Å². The molecule has 0 bridgehead atoms. The number of hydrogen-bond acceptors (Lipinski definition) is 3. The van der Waals surface area contributed by atoms with Gasteiger partial charge in [0.2, 0.25) is 0 Å². The van der Waals surface area contributed by atoms with Gasteiger partial charge in [-0.15, -0.1) is 0 Å². The molecule has 0 heterocycles. The Hall–Kier alpha value is -1.38. The number of carbonyl (C=O) groups is 2. The maximum Gasteiger partial charge on any atom is 0.337 e. The molecule has 0 saturated carbocycles. The first-order valence-corrected chi connectivity index (χ1v) is 2.64. The maximum absolute atomic E-state index is 10.6. The maximum atomic E-state index is 10.6. The predicted octanol–water partition coefficient (Wildman–Crippen LogP) is 0.471. The summed E-state index contributed by atoms with van der Waals surface area (Å²) in [5, 5.41) is 0. The van der Waals surface area contributed by atoms with Crippen LogP contribution in [0.5, 0.6) is 0 Å². The van der Waals surface area contributed by atoms with E-state index in [2.05, 4.69) is 17.9 Å². The Labute approximate surface area is 59.0 Å². The quantitative estimate of drug-likeness (QED) is 0.247. The van der Waals surface area contributed by atoms with Crippen molar-refractivity contribution in [1.82, 2.24) is 0 Å². The van der Waals surface area contributed by atoms with Crippen LogP contribution in [0.2, 0.25) is 0 Å². The van der Waals surface area contributed by atoms with Crippen molar-refractivity contribution in [3.05, 3.63) is 24.8 Å². The van der Waals surface area contributed by atoms with Crippen LogP contribution in [-0.4, -0.2) is 18.9 Å². The number of hydrogen-bond donors (Lipinski definition) is 0. The minimum Gasteiger partial charge on any atom is -0.454 e. The lowest BCUT2D eigenvalue weighted by Gasteiger charge is -1.97. The van der Waals surface area contributed by atoms with E-state index < -0.39 is 5.97 Å². The van der Waals surface area contributed by atoms with Crippen molar-refractivity contribution < 1.29 is 14.3 Å². The molecule has 0 fully saturated rings. The Balaban J connectivity index is 3.73. The SMILES string of the molecule is C=CC(=C)C(=O)OCC=O. The highest BCUT2D eigenvalue weighted by Crippen LogP contribution is 1.93. The van der Waals surface area contributed by atoms with Crippen molar-refractivity contribution in [3.8, 4) is 0 Å². The third-order valence-electron chi connectivity index (χ3n) is 0.791. The normalized spacial score (nSPS) is 8.00. The molecule has 54 valence electrons. The van der Waals surface area contributed by atoms with E-state index in [4.69, 9.17) is 0 Å². The highest BCUT2D eigenvalue weighted by Gasteiger charge is 2.02. The van der Waals surface area contributed by atoms with Crippen molar-refractivity contribution >= 4 is 12.3 Å². The summed E-state index contributed by atoms with van der Waals surface area (Å²) in [6.45, 7) is 6.39. The van der Waals surface area contributed by atoms with Crippen molar-refractivity contribution in [2.24, 2.45) is 0 Å². The van der Waals surface area contributed by atoms with Crippen LogP contribution >= 0.6 is 0 Å². The Kier molecular flexibility index (Phi) is 3.87. The third kappa shape index (κ3) is 2.81. The van der Waals surface area contributed by atoms with Gasteiger partial charge in [-0.3, -0.25) is 4.79 Å². The first-order chi connectivity index (χ1) is 4.72. The van der Waals surface area contributed by atoms with E-state index in [-0.39, 0.29) is 12.2 Å². The van der Waals surface area contributed by atoms with Crippen LogP contribution in [0.1, 0.15) is 0 Å². The standard InChI is InChI=1S/C7H8O3/c1-3-6(2)7(9)10-5-4-8/h3-4H,1-2,5H2. The van der Waals surface area contributed by atoms with E-state index in [1.54, 1.807) is 0 Å². The average Bonchev–Trinajstić information content (AvgIpc) is 1.98. The first-order valence-electron chi connectivity index (χ1n) is 2.64. The summed E-state index contributed by atoms with van der Waals surface area (Å²) < 4.78 is 4.37. The van der Waals surface area contributed by atoms with E-state index >= 15 is 0 Å². The van der Waals surface area contributed by atoms with Crippen LogP contribution in [0.4, 0.5) is 0 Å².